The van der Waals surface area contributed by atoms with Crippen LogP contribution < -0.4 is 10.6 Å². The zero-order chi connectivity index (χ0) is 28.7. The lowest BCUT2D eigenvalue weighted by atomic mass is 10.0. The Morgan fingerprint density at radius 2 is 1.82 bits per heavy atom. The zero-order valence-electron chi connectivity index (χ0n) is 21.9. The van der Waals surface area contributed by atoms with Gasteiger partial charge in [0.25, 0.3) is 0 Å². The largest absolute Gasteiger partial charge is 0.390 e. The maximum atomic E-state index is 13.7. The van der Waals surface area contributed by atoms with Crippen molar-refractivity contribution >= 4 is 23.5 Å². The summed E-state index contributed by atoms with van der Waals surface area (Å²) in [5.41, 5.74) is 4.03. The number of nitrogens with zero attached hydrogens (tertiary/aromatic N) is 3. The second-order valence-corrected chi connectivity index (χ2v) is 9.19. The number of amides is 1. The molecule has 39 heavy (non-hydrogen) atoms. The number of benzene rings is 2. The van der Waals surface area contributed by atoms with Gasteiger partial charge in [-0.1, -0.05) is 24.3 Å². The molecule has 0 aliphatic carbocycles. The normalized spacial score (nSPS) is 11.2. The zero-order valence-corrected chi connectivity index (χ0v) is 21.9. The number of hydrogen-bond acceptors (Lipinski definition) is 5. The van der Waals surface area contributed by atoms with Gasteiger partial charge in [0, 0.05) is 23.7 Å². The van der Waals surface area contributed by atoms with Gasteiger partial charge in [0.15, 0.2) is 5.65 Å². The molecule has 11 heteroatoms. The highest BCUT2D eigenvalue weighted by molar-refractivity contribution is 6.08. The Balaban J connectivity index is 0.000000631. The van der Waals surface area contributed by atoms with Crippen molar-refractivity contribution in [2.24, 2.45) is 0 Å². The Bertz CT molecular complexity index is 1460. The minimum Gasteiger partial charge on any atom is -0.382 e. The SMILES string of the molecule is CC(C)NC=O.Cc1ccc(-c2cnc3c(NCCC(F)(F)F)cc(C(=O)c4cccc(F)c4)nn23)cc1C. The molecule has 0 saturated carbocycles. The van der Waals surface area contributed by atoms with Crippen LogP contribution in [0.15, 0.2) is 54.7 Å². The molecule has 0 bridgehead atoms. The van der Waals surface area contributed by atoms with Gasteiger partial charge in [-0.05, 0) is 63.1 Å². The fourth-order valence-corrected chi connectivity index (χ4v) is 3.56. The molecule has 0 saturated heterocycles. The Labute approximate surface area is 223 Å². The van der Waals surface area contributed by atoms with Crippen molar-refractivity contribution in [2.45, 2.75) is 46.3 Å². The van der Waals surface area contributed by atoms with Crippen molar-refractivity contribution in [2.75, 3.05) is 11.9 Å². The van der Waals surface area contributed by atoms with Gasteiger partial charge in [0.1, 0.15) is 11.5 Å². The van der Waals surface area contributed by atoms with Crippen LogP contribution in [0.5, 0.6) is 0 Å². The van der Waals surface area contributed by atoms with Crippen molar-refractivity contribution in [1.82, 2.24) is 19.9 Å². The second-order valence-electron chi connectivity index (χ2n) is 9.19. The van der Waals surface area contributed by atoms with Gasteiger partial charge in [-0.15, -0.1) is 0 Å². The Kier molecular flexibility index (Phi) is 9.39. The van der Waals surface area contributed by atoms with E-state index in [4.69, 9.17) is 0 Å². The maximum absolute atomic E-state index is 13.7. The van der Waals surface area contributed by atoms with E-state index < -0.39 is 30.7 Å². The van der Waals surface area contributed by atoms with Gasteiger partial charge in [-0.2, -0.15) is 18.3 Å². The number of halogens is 4. The molecule has 0 atom stereocenters. The summed E-state index contributed by atoms with van der Waals surface area (Å²) in [7, 11) is 0. The highest BCUT2D eigenvalue weighted by atomic mass is 19.4. The summed E-state index contributed by atoms with van der Waals surface area (Å²) in [4.78, 5) is 26.9. The number of anilines is 1. The maximum Gasteiger partial charge on any atom is 0.390 e. The quantitative estimate of drug-likeness (QED) is 0.164. The second kappa shape index (κ2) is 12.5. The molecular formula is C28H29F4N5O2. The van der Waals surface area contributed by atoms with E-state index in [1.807, 2.05) is 45.9 Å². The first-order valence-corrected chi connectivity index (χ1v) is 12.2. The first-order chi connectivity index (χ1) is 18.4. The molecule has 4 aromatic rings. The van der Waals surface area contributed by atoms with E-state index in [-0.39, 0.29) is 28.6 Å². The molecule has 2 heterocycles. The molecule has 0 fully saturated rings. The molecule has 2 N–H and O–H groups in total. The number of carbonyl (C=O) groups is 2. The third kappa shape index (κ3) is 7.86. The number of alkyl halides is 3. The van der Waals surface area contributed by atoms with Gasteiger partial charge in [0.05, 0.1) is 24.0 Å². The molecular weight excluding hydrogens is 514 g/mol. The average molecular weight is 544 g/mol. The number of rotatable bonds is 8. The number of hydrogen-bond donors (Lipinski definition) is 2. The topological polar surface area (TPSA) is 88.4 Å². The molecule has 0 aliphatic heterocycles. The molecule has 7 nitrogen and oxygen atoms in total. The van der Waals surface area contributed by atoms with Crippen LogP contribution in [-0.2, 0) is 4.79 Å². The van der Waals surface area contributed by atoms with Gasteiger partial charge >= 0.3 is 6.18 Å². The van der Waals surface area contributed by atoms with E-state index in [1.54, 1.807) is 6.20 Å². The van der Waals surface area contributed by atoms with Crippen LogP contribution in [0.2, 0.25) is 0 Å². The first-order valence-electron chi connectivity index (χ1n) is 12.2. The fraction of sp³-hybridized carbons (Fsp3) is 0.286. The van der Waals surface area contributed by atoms with Crippen LogP contribution in [0.25, 0.3) is 16.9 Å². The summed E-state index contributed by atoms with van der Waals surface area (Å²) in [6.07, 6.45) is -3.14. The van der Waals surface area contributed by atoms with Crippen LogP contribution in [-0.4, -0.2) is 45.6 Å². The highest BCUT2D eigenvalue weighted by Crippen LogP contribution is 2.27. The van der Waals surface area contributed by atoms with Crippen molar-refractivity contribution in [1.29, 1.82) is 0 Å². The first kappa shape index (κ1) is 29.3. The molecule has 0 unspecified atom stereocenters. The highest BCUT2D eigenvalue weighted by Gasteiger charge is 2.26. The van der Waals surface area contributed by atoms with Crippen LogP contribution in [0.1, 0.15) is 47.4 Å². The molecule has 2 aromatic carbocycles. The monoisotopic (exact) mass is 543 g/mol. The van der Waals surface area contributed by atoms with Gasteiger partial charge in [-0.3, -0.25) is 9.59 Å². The summed E-state index contributed by atoms with van der Waals surface area (Å²) in [5.74, 6) is -1.14. The van der Waals surface area contributed by atoms with E-state index in [1.165, 1.54) is 28.8 Å². The van der Waals surface area contributed by atoms with Crippen LogP contribution >= 0.6 is 0 Å². The molecule has 1 amide bonds. The minimum absolute atomic E-state index is 0.0503. The molecule has 206 valence electrons. The van der Waals surface area contributed by atoms with Crippen molar-refractivity contribution in [3.05, 3.63) is 82.9 Å². The lowest BCUT2D eigenvalue weighted by molar-refractivity contribution is -0.131. The van der Waals surface area contributed by atoms with Crippen LogP contribution in [0, 0.1) is 19.7 Å². The lowest BCUT2D eigenvalue weighted by Gasteiger charge is -2.12. The number of nitrogens with one attached hydrogen (secondary N) is 2. The minimum atomic E-state index is -4.34. The smallest absolute Gasteiger partial charge is 0.382 e. The summed E-state index contributed by atoms with van der Waals surface area (Å²) in [6.45, 7) is 7.36. The third-order valence-electron chi connectivity index (χ3n) is 5.72. The van der Waals surface area contributed by atoms with Crippen molar-refractivity contribution in [3.8, 4) is 11.3 Å². The van der Waals surface area contributed by atoms with E-state index in [2.05, 4.69) is 20.7 Å². The Hall–Kier alpha value is -4.28. The van der Waals surface area contributed by atoms with E-state index in [0.717, 1.165) is 22.8 Å². The molecule has 2 aromatic heterocycles. The number of carbonyl (C=O) groups excluding carboxylic acids is 2. The third-order valence-corrected chi connectivity index (χ3v) is 5.72. The Morgan fingerprint density at radius 1 is 1.08 bits per heavy atom. The van der Waals surface area contributed by atoms with Crippen LogP contribution in [0.4, 0.5) is 23.2 Å². The molecule has 0 spiro atoms. The average Bonchev–Trinajstić information content (AvgIpc) is 3.29. The fourth-order valence-electron chi connectivity index (χ4n) is 3.56. The Morgan fingerprint density at radius 3 is 2.41 bits per heavy atom. The predicted molar refractivity (Wildman–Crippen MR) is 141 cm³/mol. The number of fused-ring (bicyclic) bond motifs is 1. The van der Waals surface area contributed by atoms with E-state index >= 15 is 0 Å². The van der Waals surface area contributed by atoms with Gasteiger partial charge < -0.3 is 10.6 Å². The number of aryl methyl sites for hydroxylation is 2. The predicted octanol–water partition coefficient (Wildman–Crippen LogP) is 5.89. The van der Waals surface area contributed by atoms with Gasteiger partial charge in [-0.25, -0.2) is 13.9 Å². The van der Waals surface area contributed by atoms with Crippen molar-refractivity contribution < 1.29 is 27.2 Å². The molecule has 0 aliphatic rings. The summed E-state index contributed by atoms with van der Waals surface area (Å²) in [5, 5.41) is 9.65. The van der Waals surface area contributed by atoms with Gasteiger partial charge in [0.2, 0.25) is 12.2 Å². The molecule has 4 rings (SSSR count). The van der Waals surface area contributed by atoms with E-state index in [0.29, 0.717) is 12.1 Å². The lowest BCUT2D eigenvalue weighted by Crippen LogP contribution is -2.19. The van der Waals surface area contributed by atoms with Crippen molar-refractivity contribution in [3.63, 3.8) is 0 Å². The number of imidazole rings is 1. The van der Waals surface area contributed by atoms with Crippen LogP contribution in [0.3, 0.4) is 0 Å². The molecule has 0 radical (unpaired) electrons. The van der Waals surface area contributed by atoms with E-state index in [9.17, 15) is 27.2 Å². The number of ketones is 1. The standard InChI is InChI=1S/C24H20F4N4O.C4H9NO/c1-14-6-7-16(10-15(14)2)21-13-30-23-20(29-9-8-24(26,27)28)12-19(31-32(21)23)22(33)17-4-3-5-18(25)11-17;1-4(2)5-3-6/h3-7,10-13,29H,8-9H2,1-2H3;3-4H,1-2H3,(H,5,6). The summed E-state index contributed by atoms with van der Waals surface area (Å²) >= 11 is 0. The summed E-state index contributed by atoms with van der Waals surface area (Å²) in [6, 6.07) is 12.5. The number of aromatic nitrogens is 3. The summed E-state index contributed by atoms with van der Waals surface area (Å²) < 4.78 is 53.1.